The molecule has 0 aliphatic carbocycles. The van der Waals surface area contributed by atoms with Crippen molar-refractivity contribution >= 4 is 35.1 Å². The van der Waals surface area contributed by atoms with Crippen molar-refractivity contribution in [1.29, 1.82) is 0 Å². The summed E-state index contributed by atoms with van der Waals surface area (Å²) in [6, 6.07) is 4.82. The molecule has 130 valence electrons. The lowest BCUT2D eigenvalue weighted by atomic mass is 9.91. The molecule has 0 unspecified atom stereocenters. The lowest BCUT2D eigenvalue weighted by molar-refractivity contribution is -0.141. The summed E-state index contributed by atoms with van der Waals surface area (Å²) >= 11 is 0. The Balaban J connectivity index is 2.01. The number of benzene rings is 1. The molecule has 2 aliphatic rings. The van der Waals surface area contributed by atoms with Crippen LogP contribution in [0.1, 0.15) is 19.8 Å². The van der Waals surface area contributed by atoms with Crippen LogP contribution in [0.2, 0.25) is 0 Å². The van der Waals surface area contributed by atoms with E-state index in [4.69, 9.17) is 0 Å². The van der Waals surface area contributed by atoms with E-state index in [0.29, 0.717) is 0 Å². The van der Waals surface area contributed by atoms with Gasteiger partial charge in [-0.2, -0.15) is 5.10 Å². The van der Waals surface area contributed by atoms with Crippen LogP contribution >= 0.6 is 0 Å². The van der Waals surface area contributed by atoms with Gasteiger partial charge < -0.3 is 4.74 Å². The van der Waals surface area contributed by atoms with E-state index in [2.05, 4.69) is 9.84 Å². The Morgan fingerprint density at radius 2 is 1.84 bits per heavy atom. The first-order valence-electron chi connectivity index (χ1n) is 7.40. The molecule has 1 atom stereocenters. The van der Waals surface area contributed by atoms with Gasteiger partial charge in [0.1, 0.15) is 11.5 Å². The second-order valence-corrected chi connectivity index (χ2v) is 5.76. The smallest absolute Gasteiger partial charge is 0.354 e. The summed E-state index contributed by atoms with van der Waals surface area (Å²) in [6.07, 6.45) is -0.547. The minimum absolute atomic E-state index is 0.111. The minimum Gasteiger partial charge on any atom is -0.464 e. The standard InChI is InChI=1S/C16H14FN3O5/c1-9(21)20-16(7-12(18-20)14(23)25-2)8-13(22)19(15(16)24)11-5-3-10(17)4-6-11/h3-6H,7-8H2,1-2H3/t16-/m1/s1. The average Bonchev–Trinajstić information content (AvgIpc) is 3.07. The molecule has 1 aromatic carbocycles. The third-order valence-electron chi connectivity index (χ3n) is 4.18. The predicted molar refractivity (Wildman–Crippen MR) is 82.8 cm³/mol. The quantitative estimate of drug-likeness (QED) is 0.577. The van der Waals surface area contributed by atoms with Crippen LogP contribution < -0.4 is 4.90 Å². The highest BCUT2D eigenvalue weighted by atomic mass is 19.1. The van der Waals surface area contributed by atoms with E-state index in [0.717, 1.165) is 29.2 Å². The monoisotopic (exact) mass is 347 g/mol. The Labute approximate surface area is 141 Å². The molecule has 9 heteroatoms. The van der Waals surface area contributed by atoms with Crippen molar-refractivity contribution in [1.82, 2.24) is 5.01 Å². The molecular weight excluding hydrogens is 333 g/mol. The van der Waals surface area contributed by atoms with Crippen molar-refractivity contribution in [3.05, 3.63) is 30.1 Å². The number of carbonyl (C=O) groups excluding carboxylic acids is 4. The molecule has 0 aromatic heterocycles. The van der Waals surface area contributed by atoms with E-state index < -0.39 is 35.0 Å². The normalized spacial score (nSPS) is 22.6. The van der Waals surface area contributed by atoms with Gasteiger partial charge in [0.2, 0.25) is 11.8 Å². The number of amides is 3. The number of ether oxygens (including phenoxy) is 1. The first-order valence-corrected chi connectivity index (χ1v) is 7.40. The van der Waals surface area contributed by atoms with Gasteiger partial charge in [0.25, 0.3) is 5.91 Å². The first kappa shape index (κ1) is 16.7. The molecule has 0 bridgehead atoms. The van der Waals surface area contributed by atoms with Crippen LogP contribution in [0.3, 0.4) is 0 Å². The van der Waals surface area contributed by atoms with Crippen LogP contribution in [0, 0.1) is 5.82 Å². The Kier molecular flexibility index (Phi) is 3.86. The van der Waals surface area contributed by atoms with Gasteiger partial charge in [-0.1, -0.05) is 0 Å². The number of imide groups is 1. The summed E-state index contributed by atoms with van der Waals surface area (Å²) in [5, 5.41) is 4.75. The molecular formula is C16H14FN3O5. The maximum Gasteiger partial charge on any atom is 0.354 e. The van der Waals surface area contributed by atoms with Crippen molar-refractivity contribution in [2.24, 2.45) is 5.10 Å². The van der Waals surface area contributed by atoms with Crippen LogP contribution in [-0.2, 0) is 23.9 Å². The highest BCUT2D eigenvalue weighted by molar-refractivity contribution is 6.39. The van der Waals surface area contributed by atoms with Crippen molar-refractivity contribution in [3.8, 4) is 0 Å². The van der Waals surface area contributed by atoms with E-state index >= 15 is 0 Å². The number of hydrazone groups is 1. The highest BCUT2D eigenvalue weighted by Crippen LogP contribution is 2.40. The van der Waals surface area contributed by atoms with E-state index in [1.807, 2.05) is 0 Å². The van der Waals surface area contributed by atoms with E-state index in [9.17, 15) is 23.6 Å². The number of carbonyl (C=O) groups is 4. The number of hydrogen-bond acceptors (Lipinski definition) is 6. The third-order valence-corrected chi connectivity index (χ3v) is 4.18. The van der Waals surface area contributed by atoms with Gasteiger partial charge in [-0.3, -0.25) is 14.4 Å². The van der Waals surface area contributed by atoms with Gasteiger partial charge in [-0.05, 0) is 24.3 Å². The largest absolute Gasteiger partial charge is 0.464 e. The van der Waals surface area contributed by atoms with Crippen LogP contribution in [-0.4, -0.2) is 47.1 Å². The number of hydrogen-bond donors (Lipinski definition) is 0. The third kappa shape index (κ3) is 2.48. The Morgan fingerprint density at radius 3 is 2.40 bits per heavy atom. The fourth-order valence-corrected chi connectivity index (χ4v) is 3.09. The number of rotatable bonds is 2. The fourth-order valence-electron chi connectivity index (χ4n) is 3.09. The van der Waals surface area contributed by atoms with Gasteiger partial charge in [-0.15, -0.1) is 0 Å². The van der Waals surface area contributed by atoms with Crippen molar-refractivity contribution < 1.29 is 28.3 Å². The Hall–Kier alpha value is -3.10. The zero-order chi connectivity index (χ0) is 18.4. The second kappa shape index (κ2) is 5.76. The summed E-state index contributed by atoms with van der Waals surface area (Å²) in [5.41, 5.74) is -1.52. The Bertz CT molecular complexity index is 820. The summed E-state index contributed by atoms with van der Waals surface area (Å²) in [4.78, 5) is 50.0. The molecule has 1 aromatic rings. The van der Waals surface area contributed by atoms with Gasteiger partial charge in [0, 0.05) is 13.3 Å². The van der Waals surface area contributed by atoms with Crippen LogP contribution in [0.25, 0.3) is 0 Å². The lowest BCUT2D eigenvalue weighted by Crippen LogP contribution is -2.51. The van der Waals surface area contributed by atoms with Gasteiger partial charge in [-0.25, -0.2) is 19.1 Å². The number of anilines is 1. The van der Waals surface area contributed by atoms with Crippen LogP contribution in [0.15, 0.2) is 29.4 Å². The SMILES string of the molecule is COC(=O)C1=NN(C(C)=O)[C@@]2(CC(=O)N(c3ccc(F)cc3)C2=O)C1. The molecule has 1 saturated heterocycles. The van der Waals surface area contributed by atoms with Gasteiger partial charge in [0.05, 0.1) is 19.2 Å². The zero-order valence-corrected chi connectivity index (χ0v) is 13.5. The maximum atomic E-state index is 13.1. The molecule has 3 rings (SSSR count). The number of methoxy groups -OCH3 is 1. The van der Waals surface area contributed by atoms with E-state index in [-0.39, 0.29) is 24.2 Å². The van der Waals surface area contributed by atoms with Crippen molar-refractivity contribution in [2.45, 2.75) is 25.3 Å². The minimum atomic E-state index is -1.60. The molecule has 2 aliphatic heterocycles. The highest BCUT2D eigenvalue weighted by Gasteiger charge is 2.61. The lowest BCUT2D eigenvalue weighted by Gasteiger charge is -2.28. The molecule has 25 heavy (non-hydrogen) atoms. The fraction of sp³-hybridized carbons (Fsp3) is 0.312. The van der Waals surface area contributed by atoms with E-state index in [1.54, 1.807) is 0 Å². The van der Waals surface area contributed by atoms with Gasteiger partial charge in [0.15, 0.2) is 5.54 Å². The summed E-state index contributed by atoms with van der Waals surface area (Å²) in [7, 11) is 1.15. The molecule has 8 nitrogen and oxygen atoms in total. The number of nitrogens with zero attached hydrogens (tertiary/aromatic N) is 3. The van der Waals surface area contributed by atoms with Crippen molar-refractivity contribution in [3.63, 3.8) is 0 Å². The molecule has 0 N–H and O–H groups in total. The topological polar surface area (TPSA) is 96.3 Å². The zero-order valence-electron chi connectivity index (χ0n) is 13.5. The second-order valence-electron chi connectivity index (χ2n) is 5.76. The molecule has 0 saturated carbocycles. The number of esters is 1. The van der Waals surface area contributed by atoms with E-state index in [1.165, 1.54) is 19.1 Å². The molecule has 2 heterocycles. The summed E-state index contributed by atoms with van der Waals surface area (Å²) in [6.45, 7) is 1.18. The van der Waals surface area contributed by atoms with Crippen molar-refractivity contribution in [2.75, 3.05) is 12.0 Å². The first-order chi connectivity index (χ1) is 11.8. The number of halogens is 1. The molecule has 1 spiro atoms. The van der Waals surface area contributed by atoms with Gasteiger partial charge >= 0.3 is 5.97 Å². The average molecular weight is 347 g/mol. The predicted octanol–water partition coefficient (Wildman–Crippen LogP) is 0.609. The molecule has 1 fully saturated rings. The van der Waals surface area contributed by atoms with Crippen LogP contribution in [0.4, 0.5) is 10.1 Å². The molecule has 0 radical (unpaired) electrons. The Morgan fingerprint density at radius 1 is 1.20 bits per heavy atom. The maximum absolute atomic E-state index is 13.1. The van der Waals surface area contributed by atoms with Crippen LogP contribution in [0.5, 0.6) is 0 Å². The molecule has 3 amide bonds. The summed E-state index contributed by atoms with van der Waals surface area (Å²) in [5.74, 6) is -3.13. The summed E-state index contributed by atoms with van der Waals surface area (Å²) < 4.78 is 17.7.